The van der Waals surface area contributed by atoms with Crippen LogP contribution in [0.2, 0.25) is 0 Å². The number of nitrogens with one attached hydrogen (secondary N) is 1. The molecule has 0 spiro atoms. The molecule has 2 nitrogen and oxygen atoms in total. The van der Waals surface area contributed by atoms with E-state index in [1.165, 1.54) is 32.1 Å². The molecule has 0 aliphatic carbocycles. The summed E-state index contributed by atoms with van der Waals surface area (Å²) in [6.45, 7) is 6.49. The first-order valence-electron chi connectivity index (χ1n) is 6.35. The molecule has 1 N–H and O–H groups in total. The van der Waals surface area contributed by atoms with Crippen LogP contribution in [0.15, 0.2) is 0 Å². The molecular formula is C13H27NO. The van der Waals surface area contributed by atoms with Gasteiger partial charge in [0.1, 0.15) is 0 Å². The van der Waals surface area contributed by atoms with Gasteiger partial charge in [0, 0.05) is 13.0 Å². The molecule has 1 unspecified atom stereocenters. The quantitative estimate of drug-likeness (QED) is 0.615. The molecule has 0 rings (SSSR count). The molecule has 1 amide bonds. The largest absolute Gasteiger partial charge is 0.359 e. The topological polar surface area (TPSA) is 29.1 Å². The maximum absolute atomic E-state index is 11.6. The molecule has 0 radical (unpaired) electrons. The van der Waals surface area contributed by atoms with E-state index >= 15 is 0 Å². The van der Waals surface area contributed by atoms with Crippen LogP contribution in [0.5, 0.6) is 0 Å². The minimum Gasteiger partial charge on any atom is -0.359 e. The van der Waals surface area contributed by atoms with E-state index in [2.05, 4.69) is 26.1 Å². The lowest BCUT2D eigenvalue weighted by Gasteiger charge is -2.18. The van der Waals surface area contributed by atoms with Crippen LogP contribution < -0.4 is 5.32 Å². The SMILES string of the molecule is CCCCCCCC(C(=O)NC)C(C)C. The summed E-state index contributed by atoms with van der Waals surface area (Å²) in [5.74, 6) is 0.869. The average molecular weight is 213 g/mol. The van der Waals surface area contributed by atoms with Crippen LogP contribution in [0.4, 0.5) is 0 Å². The van der Waals surface area contributed by atoms with Crippen LogP contribution in [0.1, 0.15) is 59.3 Å². The first-order chi connectivity index (χ1) is 7.13. The Balaban J connectivity index is 3.72. The zero-order valence-corrected chi connectivity index (χ0v) is 10.8. The van der Waals surface area contributed by atoms with E-state index in [9.17, 15) is 4.79 Å². The predicted molar refractivity (Wildman–Crippen MR) is 65.8 cm³/mol. The number of carbonyl (C=O) groups excluding carboxylic acids is 1. The van der Waals surface area contributed by atoms with Gasteiger partial charge >= 0.3 is 0 Å². The van der Waals surface area contributed by atoms with Crippen molar-refractivity contribution in [1.82, 2.24) is 5.32 Å². The maximum Gasteiger partial charge on any atom is 0.223 e. The van der Waals surface area contributed by atoms with E-state index in [0.29, 0.717) is 5.92 Å². The van der Waals surface area contributed by atoms with Crippen LogP contribution in [-0.4, -0.2) is 13.0 Å². The Bertz CT molecular complexity index is 166. The van der Waals surface area contributed by atoms with Gasteiger partial charge in [-0.2, -0.15) is 0 Å². The third-order valence-corrected chi connectivity index (χ3v) is 3.01. The van der Waals surface area contributed by atoms with Crippen molar-refractivity contribution in [3.8, 4) is 0 Å². The molecular weight excluding hydrogens is 186 g/mol. The highest BCUT2D eigenvalue weighted by atomic mass is 16.1. The van der Waals surface area contributed by atoms with Crippen molar-refractivity contribution in [2.45, 2.75) is 59.3 Å². The Morgan fingerprint density at radius 2 is 1.73 bits per heavy atom. The lowest BCUT2D eigenvalue weighted by atomic mass is 9.89. The van der Waals surface area contributed by atoms with Crippen molar-refractivity contribution in [2.24, 2.45) is 11.8 Å². The van der Waals surface area contributed by atoms with Crippen molar-refractivity contribution in [1.29, 1.82) is 0 Å². The summed E-state index contributed by atoms with van der Waals surface area (Å²) >= 11 is 0. The second-order valence-corrected chi connectivity index (χ2v) is 4.67. The standard InChI is InChI=1S/C13H27NO/c1-5-6-7-8-9-10-12(11(2)3)13(15)14-4/h11-12H,5-10H2,1-4H3,(H,14,15). The minimum absolute atomic E-state index is 0.205. The van der Waals surface area contributed by atoms with Crippen molar-refractivity contribution in [2.75, 3.05) is 7.05 Å². The number of hydrogen-bond donors (Lipinski definition) is 1. The van der Waals surface area contributed by atoms with Gasteiger partial charge in [0.05, 0.1) is 0 Å². The lowest BCUT2D eigenvalue weighted by molar-refractivity contribution is -0.126. The van der Waals surface area contributed by atoms with Gasteiger partial charge in [-0.15, -0.1) is 0 Å². The molecule has 0 aromatic rings. The van der Waals surface area contributed by atoms with Gasteiger partial charge in [0.15, 0.2) is 0 Å². The van der Waals surface area contributed by atoms with E-state index in [4.69, 9.17) is 0 Å². The van der Waals surface area contributed by atoms with Gasteiger partial charge in [0.2, 0.25) is 5.91 Å². The molecule has 2 heteroatoms. The molecule has 0 aromatic heterocycles. The average Bonchev–Trinajstić information content (AvgIpc) is 2.22. The highest BCUT2D eigenvalue weighted by Gasteiger charge is 2.19. The Labute approximate surface area is 94.8 Å². The number of unbranched alkanes of at least 4 members (excludes halogenated alkanes) is 4. The zero-order valence-electron chi connectivity index (χ0n) is 10.8. The molecule has 0 saturated carbocycles. The van der Waals surface area contributed by atoms with Gasteiger partial charge < -0.3 is 5.32 Å². The summed E-state index contributed by atoms with van der Waals surface area (Å²) in [7, 11) is 1.73. The second kappa shape index (κ2) is 8.75. The molecule has 0 aliphatic rings. The van der Waals surface area contributed by atoms with Gasteiger partial charge in [-0.25, -0.2) is 0 Å². The molecule has 1 atom stereocenters. The fraction of sp³-hybridized carbons (Fsp3) is 0.923. The lowest BCUT2D eigenvalue weighted by Crippen LogP contribution is -2.30. The van der Waals surface area contributed by atoms with Crippen LogP contribution >= 0.6 is 0 Å². The molecule has 0 heterocycles. The van der Waals surface area contributed by atoms with Gasteiger partial charge in [-0.3, -0.25) is 4.79 Å². The fourth-order valence-electron chi connectivity index (χ4n) is 1.92. The van der Waals surface area contributed by atoms with Crippen LogP contribution in [0, 0.1) is 11.8 Å². The van der Waals surface area contributed by atoms with Crippen molar-refractivity contribution in [3.05, 3.63) is 0 Å². The van der Waals surface area contributed by atoms with Gasteiger partial charge in [0.25, 0.3) is 0 Å². The normalized spacial score (nSPS) is 12.9. The summed E-state index contributed by atoms with van der Waals surface area (Å²) in [5, 5.41) is 2.76. The smallest absolute Gasteiger partial charge is 0.223 e. The van der Waals surface area contributed by atoms with E-state index in [0.717, 1.165) is 6.42 Å². The highest BCUT2D eigenvalue weighted by molar-refractivity contribution is 5.78. The van der Waals surface area contributed by atoms with Crippen LogP contribution in [0.25, 0.3) is 0 Å². The molecule has 0 fully saturated rings. The first-order valence-corrected chi connectivity index (χ1v) is 6.35. The van der Waals surface area contributed by atoms with Crippen LogP contribution in [0.3, 0.4) is 0 Å². The third kappa shape index (κ3) is 6.53. The summed E-state index contributed by atoms with van der Waals surface area (Å²) < 4.78 is 0. The molecule has 0 saturated heterocycles. The number of rotatable bonds is 8. The second-order valence-electron chi connectivity index (χ2n) is 4.67. The molecule has 15 heavy (non-hydrogen) atoms. The Kier molecular flexibility index (Phi) is 8.44. The Morgan fingerprint density at radius 3 is 2.20 bits per heavy atom. The summed E-state index contributed by atoms with van der Waals surface area (Å²) in [6, 6.07) is 0. The third-order valence-electron chi connectivity index (χ3n) is 3.01. The van der Waals surface area contributed by atoms with Crippen LogP contribution in [-0.2, 0) is 4.79 Å². The zero-order chi connectivity index (χ0) is 11.7. The molecule has 90 valence electrons. The molecule has 0 aliphatic heterocycles. The first kappa shape index (κ1) is 14.5. The number of carbonyl (C=O) groups is 1. The summed E-state index contributed by atoms with van der Waals surface area (Å²) in [6.07, 6.45) is 7.43. The van der Waals surface area contributed by atoms with Crippen molar-refractivity contribution in [3.63, 3.8) is 0 Å². The predicted octanol–water partition coefficient (Wildman–Crippen LogP) is 3.37. The summed E-state index contributed by atoms with van der Waals surface area (Å²) in [5.41, 5.74) is 0. The van der Waals surface area contributed by atoms with E-state index in [1.54, 1.807) is 7.05 Å². The van der Waals surface area contributed by atoms with E-state index in [1.807, 2.05) is 0 Å². The Hall–Kier alpha value is -0.530. The maximum atomic E-state index is 11.6. The van der Waals surface area contributed by atoms with Gasteiger partial charge in [-0.1, -0.05) is 52.9 Å². The van der Waals surface area contributed by atoms with Gasteiger partial charge in [-0.05, 0) is 12.3 Å². The molecule has 0 bridgehead atoms. The van der Waals surface area contributed by atoms with Crippen molar-refractivity contribution >= 4 is 5.91 Å². The van der Waals surface area contributed by atoms with Crippen molar-refractivity contribution < 1.29 is 4.79 Å². The Morgan fingerprint density at radius 1 is 1.13 bits per heavy atom. The fourth-order valence-corrected chi connectivity index (χ4v) is 1.92. The monoisotopic (exact) mass is 213 g/mol. The summed E-state index contributed by atoms with van der Waals surface area (Å²) in [4.78, 5) is 11.6. The minimum atomic E-state index is 0.205. The van der Waals surface area contributed by atoms with E-state index < -0.39 is 0 Å². The number of amides is 1. The molecule has 0 aromatic carbocycles. The highest BCUT2D eigenvalue weighted by Crippen LogP contribution is 2.19. The van der Waals surface area contributed by atoms with E-state index in [-0.39, 0.29) is 11.8 Å². The number of hydrogen-bond acceptors (Lipinski definition) is 1.